The number of carbonyl (C=O) groups excluding carboxylic acids is 1. The molecule has 0 saturated heterocycles. The van der Waals surface area contributed by atoms with Gasteiger partial charge in [0.25, 0.3) is 0 Å². The maximum Gasteiger partial charge on any atom is 0.243 e. The van der Waals surface area contributed by atoms with Crippen LogP contribution in [0.15, 0.2) is 4.99 Å². The molecule has 1 fully saturated rings. The van der Waals surface area contributed by atoms with E-state index >= 15 is 0 Å². The van der Waals surface area contributed by atoms with Gasteiger partial charge >= 0.3 is 0 Å². The number of aliphatic imine (C=N–C) groups is 1. The van der Waals surface area contributed by atoms with E-state index in [4.69, 9.17) is 5.26 Å². The second-order valence-corrected chi connectivity index (χ2v) is 5.67. The number of rotatable bonds is 4. The Bertz CT molecular complexity index is 403. The Morgan fingerprint density at radius 3 is 2.62 bits per heavy atom. The summed E-state index contributed by atoms with van der Waals surface area (Å²) in [6, 6.07) is 2.68. The highest BCUT2D eigenvalue weighted by atomic mass is 127. The number of likely N-dealkylation sites (N-methyl/N-ethyl adjacent to an activating group) is 1. The summed E-state index contributed by atoms with van der Waals surface area (Å²) in [6.45, 7) is 4.14. The summed E-state index contributed by atoms with van der Waals surface area (Å²) in [5, 5.41) is 15.6. The number of nitriles is 1. The second-order valence-electron chi connectivity index (χ2n) is 5.67. The van der Waals surface area contributed by atoms with Crippen LogP contribution in [0.2, 0.25) is 0 Å². The predicted octanol–water partition coefficient (Wildman–Crippen LogP) is 1.33. The molecule has 2 unspecified atom stereocenters. The van der Waals surface area contributed by atoms with E-state index in [-0.39, 0.29) is 54.4 Å². The summed E-state index contributed by atoms with van der Waals surface area (Å²) in [7, 11) is 3.42. The standard InChI is InChI=1S/C14H25N5O.HI/c1-10(2)17-14(16-9-13(20)19(3)4)18-12-7-5-6-11(12)8-15;/h10-12H,5-7,9H2,1-4H3,(H2,16,17,18);1H. The molecule has 2 atom stereocenters. The molecule has 1 saturated carbocycles. The van der Waals surface area contributed by atoms with Gasteiger partial charge in [0.2, 0.25) is 5.91 Å². The number of nitrogens with zero attached hydrogens (tertiary/aromatic N) is 3. The third kappa shape index (κ3) is 6.98. The molecule has 1 aliphatic carbocycles. The van der Waals surface area contributed by atoms with Crippen molar-refractivity contribution in [3.05, 3.63) is 0 Å². The molecule has 0 aromatic rings. The SMILES string of the molecule is CC(C)NC(=NCC(=O)N(C)C)NC1CCCC1C#N.I. The molecular weight excluding hydrogens is 381 g/mol. The monoisotopic (exact) mass is 407 g/mol. The molecule has 21 heavy (non-hydrogen) atoms. The quantitative estimate of drug-likeness (QED) is 0.419. The number of halogens is 1. The summed E-state index contributed by atoms with van der Waals surface area (Å²) in [6.07, 6.45) is 2.96. The predicted molar refractivity (Wildman–Crippen MR) is 94.6 cm³/mol. The summed E-state index contributed by atoms with van der Waals surface area (Å²) < 4.78 is 0. The first-order chi connectivity index (χ1) is 9.43. The summed E-state index contributed by atoms with van der Waals surface area (Å²) in [5.74, 6) is 0.596. The Labute approximate surface area is 144 Å². The van der Waals surface area contributed by atoms with Crippen LogP contribution in [0, 0.1) is 17.2 Å². The van der Waals surface area contributed by atoms with Crippen LogP contribution >= 0.6 is 24.0 Å². The first kappa shape index (κ1) is 20.0. The number of hydrogen-bond acceptors (Lipinski definition) is 3. The van der Waals surface area contributed by atoms with Crippen LogP contribution in [0.1, 0.15) is 33.1 Å². The Balaban J connectivity index is 0.00000400. The molecule has 120 valence electrons. The lowest BCUT2D eigenvalue weighted by molar-refractivity contribution is -0.127. The number of guanidine groups is 1. The van der Waals surface area contributed by atoms with Gasteiger partial charge in [0.05, 0.1) is 12.0 Å². The minimum atomic E-state index is -0.0434. The van der Waals surface area contributed by atoms with Crippen LogP contribution < -0.4 is 10.6 Å². The fourth-order valence-corrected chi connectivity index (χ4v) is 2.16. The summed E-state index contributed by atoms with van der Waals surface area (Å²) >= 11 is 0. The van der Waals surface area contributed by atoms with Crippen molar-refractivity contribution in [1.29, 1.82) is 5.26 Å². The van der Waals surface area contributed by atoms with Crippen LogP contribution in [0.3, 0.4) is 0 Å². The molecule has 0 bridgehead atoms. The van der Waals surface area contributed by atoms with Crippen molar-refractivity contribution in [2.75, 3.05) is 20.6 Å². The van der Waals surface area contributed by atoms with Crippen molar-refractivity contribution in [2.45, 2.75) is 45.2 Å². The molecule has 1 amide bonds. The van der Waals surface area contributed by atoms with Gasteiger partial charge in [-0.1, -0.05) is 0 Å². The van der Waals surface area contributed by atoms with Crippen molar-refractivity contribution in [1.82, 2.24) is 15.5 Å². The fourth-order valence-electron chi connectivity index (χ4n) is 2.16. The van der Waals surface area contributed by atoms with Crippen molar-refractivity contribution in [3.8, 4) is 6.07 Å². The first-order valence-corrected chi connectivity index (χ1v) is 7.11. The van der Waals surface area contributed by atoms with Gasteiger partial charge in [0.1, 0.15) is 6.54 Å². The molecule has 7 heteroatoms. The number of nitrogens with one attached hydrogen (secondary N) is 2. The molecule has 1 rings (SSSR count). The molecule has 0 spiro atoms. The average Bonchev–Trinajstić information content (AvgIpc) is 2.81. The minimum absolute atomic E-state index is 0. The zero-order valence-electron chi connectivity index (χ0n) is 13.2. The lowest BCUT2D eigenvalue weighted by atomic mass is 10.1. The fraction of sp³-hybridized carbons (Fsp3) is 0.786. The highest BCUT2D eigenvalue weighted by Gasteiger charge is 2.27. The van der Waals surface area contributed by atoms with Crippen molar-refractivity contribution in [3.63, 3.8) is 0 Å². The summed E-state index contributed by atoms with van der Waals surface area (Å²) in [5.41, 5.74) is 0. The Kier molecular flexibility index (Phi) is 9.33. The van der Waals surface area contributed by atoms with Gasteiger partial charge in [-0.05, 0) is 33.1 Å². The van der Waals surface area contributed by atoms with Crippen LogP contribution in [0.4, 0.5) is 0 Å². The van der Waals surface area contributed by atoms with Gasteiger partial charge in [0.15, 0.2) is 5.96 Å². The van der Waals surface area contributed by atoms with Gasteiger partial charge in [0, 0.05) is 26.2 Å². The van der Waals surface area contributed by atoms with E-state index in [2.05, 4.69) is 21.7 Å². The van der Waals surface area contributed by atoms with Gasteiger partial charge in [-0.2, -0.15) is 5.26 Å². The van der Waals surface area contributed by atoms with E-state index in [9.17, 15) is 4.79 Å². The van der Waals surface area contributed by atoms with E-state index in [0.717, 1.165) is 19.3 Å². The molecule has 0 radical (unpaired) electrons. The molecule has 0 aromatic carbocycles. The molecular formula is C14H26IN5O. The smallest absolute Gasteiger partial charge is 0.243 e. The van der Waals surface area contributed by atoms with Gasteiger partial charge in [-0.15, -0.1) is 24.0 Å². The highest BCUT2D eigenvalue weighted by molar-refractivity contribution is 14.0. The van der Waals surface area contributed by atoms with Gasteiger partial charge in [-0.3, -0.25) is 4.79 Å². The van der Waals surface area contributed by atoms with E-state index < -0.39 is 0 Å². The van der Waals surface area contributed by atoms with Crippen LogP contribution in [-0.4, -0.2) is 49.5 Å². The third-order valence-electron chi connectivity index (χ3n) is 3.30. The van der Waals surface area contributed by atoms with E-state index in [1.54, 1.807) is 14.1 Å². The number of carbonyl (C=O) groups is 1. The van der Waals surface area contributed by atoms with Crippen molar-refractivity contribution < 1.29 is 4.79 Å². The zero-order chi connectivity index (χ0) is 15.1. The largest absolute Gasteiger partial charge is 0.354 e. The van der Waals surface area contributed by atoms with Crippen molar-refractivity contribution >= 4 is 35.8 Å². The zero-order valence-corrected chi connectivity index (χ0v) is 15.5. The normalized spacial score (nSPS) is 21.4. The number of amides is 1. The molecule has 0 heterocycles. The van der Waals surface area contributed by atoms with E-state index in [1.165, 1.54) is 4.90 Å². The van der Waals surface area contributed by atoms with E-state index in [0.29, 0.717) is 5.96 Å². The average molecular weight is 407 g/mol. The molecule has 0 aliphatic heterocycles. The molecule has 0 aromatic heterocycles. The Morgan fingerprint density at radius 1 is 1.43 bits per heavy atom. The molecule has 6 nitrogen and oxygen atoms in total. The van der Waals surface area contributed by atoms with E-state index in [1.807, 2.05) is 13.8 Å². The maximum atomic E-state index is 11.6. The Morgan fingerprint density at radius 2 is 2.10 bits per heavy atom. The lowest BCUT2D eigenvalue weighted by Gasteiger charge is -2.21. The van der Waals surface area contributed by atoms with Crippen LogP contribution in [-0.2, 0) is 4.79 Å². The Hall–Kier alpha value is -1.04. The topological polar surface area (TPSA) is 80.5 Å². The maximum absolute atomic E-state index is 11.6. The van der Waals surface area contributed by atoms with Crippen molar-refractivity contribution in [2.24, 2.45) is 10.9 Å². The number of hydrogen-bond donors (Lipinski definition) is 2. The third-order valence-corrected chi connectivity index (χ3v) is 3.30. The lowest BCUT2D eigenvalue weighted by Crippen LogP contribution is -2.47. The van der Waals surface area contributed by atoms with Crippen LogP contribution in [0.25, 0.3) is 0 Å². The van der Waals surface area contributed by atoms with Gasteiger partial charge < -0.3 is 15.5 Å². The summed E-state index contributed by atoms with van der Waals surface area (Å²) in [4.78, 5) is 17.4. The molecule has 2 N–H and O–H groups in total. The van der Waals surface area contributed by atoms with Gasteiger partial charge in [-0.25, -0.2) is 4.99 Å². The molecule has 1 aliphatic rings. The van der Waals surface area contributed by atoms with Crippen LogP contribution in [0.5, 0.6) is 0 Å². The first-order valence-electron chi connectivity index (χ1n) is 7.11. The minimum Gasteiger partial charge on any atom is -0.354 e. The second kappa shape index (κ2) is 9.82. The highest BCUT2D eigenvalue weighted by Crippen LogP contribution is 2.24.